The Kier molecular flexibility index (Phi) is 6.28. The Hall–Kier alpha value is -2.90. The van der Waals surface area contributed by atoms with E-state index in [0.717, 1.165) is 30.6 Å². The van der Waals surface area contributed by atoms with Crippen LogP contribution >= 0.6 is 0 Å². The van der Waals surface area contributed by atoms with Gasteiger partial charge in [-0.25, -0.2) is 9.59 Å². The third-order valence-electron chi connectivity index (χ3n) is 5.05. The lowest BCUT2D eigenvalue weighted by Crippen LogP contribution is -2.40. The minimum absolute atomic E-state index is 0.0234. The van der Waals surface area contributed by atoms with E-state index in [1.807, 2.05) is 0 Å². The maximum Gasteiger partial charge on any atom is 0.339 e. The van der Waals surface area contributed by atoms with E-state index < -0.39 is 18.1 Å². The van der Waals surface area contributed by atoms with Gasteiger partial charge in [0.1, 0.15) is 0 Å². The van der Waals surface area contributed by atoms with Crippen LogP contribution in [0, 0.1) is 0 Å². The maximum absolute atomic E-state index is 12.7. The number of ether oxygens (including phenoxy) is 1. The van der Waals surface area contributed by atoms with E-state index >= 15 is 0 Å². The van der Waals surface area contributed by atoms with Crippen molar-refractivity contribution in [3.05, 3.63) is 35.4 Å². The minimum atomic E-state index is -0.893. The monoisotopic (exact) mass is 387 g/mol. The van der Waals surface area contributed by atoms with Gasteiger partial charge in [0.15, 0.2) is 6.10 Å². The summed E-state index contributed by atoms with van der Waals surface area (Å²) in [5.41, 5.74) is 0.734. The Morgan fingerprint density at radius 1 is 1.11 bits per heavy atom. The van der Waals surface area contributed by atoms with Crippen molar-refractivity contribution in [2.75, 3.05) is 19.6 Å². The fourth-order valence-electron chi connectivity index (χ4n) is 3.47. The van der Waals surface area contributed by atoms with Crippen LogP contribution in [0.25, 0.3) is 0 Å². The molecule has 1 aromatic carbocycles. The van der Waals surface area contributed by atoms with Gasteiger partial charge in [0.05, 0.1) is 18.7 Å². The number of urea groups is 1. The number of likely N-dealkylation sites (tertiary alicyclic amines) is 1. The molecule has 0 aromatic heterocycles. The summed E-state index contributed by atoms with van der Waals surface area (Å²) in [5, 5.41) is 2.45. The van der Waals surface area contributed by atoms with Gasteiger partial charge in [-0.05, 0) is 31.4 Å². The number of amides is 4. The zero-order valence-electron chi connectivity index (χ0n) is 16.0. The molecule has 2 heterocycles. The van der Waals surface area contributed by atoms with E-state index in [9.17, 15) is 19.2 Å². The van der Waals surface area contributed by atoms with Crippen LogP contribution in [0.2, 0.25) is 0 Å². The van der Waals surface area contributed by atoms with Gasteiger partial charge in [0, 0.05) is 13.1 Å². The van der Waals surface area contributed by atoms with Gasteiger partial charge in [-0.1, -0.05) is 31.0 Å². The molecular weight excluding hydrogens is 362 g/mol. The molecule has 1 aromatic rings. The highest BCUT2D eigenvalue weighted by molar-refractivity contribution is 6.02. The van der Waals surface area contributed by atoms with E-state index in [0.29, 0.717) is 18.7 Å². The van der Waals surface area contributed by atoms with E-state index in [1.165, 1.54) is 0 Å². The number of carbonyl (C=O) groups is 4. The Morgan fingerprint density at radius 3 is 2.43 bits per heavy atom. The molecule has 150 valence electrons. The summed E-state index contributed by atoms with van der Waals surface area (Å²) in [6.07, 6.45) is 3.24. The minimum Gasteiger partial charge on any atom is -0.449 e. The largest absolute Gasteiger partial charge is 0.449 e. The first-order chi connectivity index (χ1) is 13.5. The van der Waals surface area contributed by atoms with Gasteiger partial charge in [0.25, 0.3) is 5.91 Å². The zero-order chi connectivity index (χ0) is 20.1. The zero-order valence-corrected chi connectivity index (χ0v) is 16.0. The quantitative estimate of drug-likeness (QED) is 0.613. The van der Waals surface area contributed by atoms with Crippen LogP contribution in [-0.4, -0.2) is 59.4 Å². The second-order valence-corrected chi connectivity index (χ2v) is 7.08. The van der Waals surface area contributed by atoms with Gasteiger partial charge in [0.2, 0.25) is 5.91 Å². The number of esters is 1. The third kappa shape index (κ3) is 4.49. The molecule has 8 heteroatoms. The number of nitrogens with one attached hydrogen (secondary N) is 1. The van der Waals surface area contributed by atoms with Crippen LogP contribution in [0.4, 0.5) is 4.79 Å². The highest BCUT2D eigenvalue weighted by atomic mass is 16.5. The predicted octanol–water partition coefficient (Wildman–Crippen LogP) is 1.69. The van der Waals surface area contributed by atoms with Gasteiger partial charge >= 0.3 is 12.0 Å². The normalized spacial score (nSPS) is 18.5. The molecule has 1 N–H and O–H groups in total. The first-order valence-electron chi connectivity index (χ1n) is 9.63. The SMILES string of the molecule is CC(OC(=O)c1ccccc1CN1C(=O)CNC1=O)C(=O)N1CCCCCC1. The average molecular weight is 387 g/mol. The molecule has 1 unspecified atom stereocenters. The Balaban J connectivity index is 1.67. The van der Waals surface area contributed by atoms with Crippen LogP contribution < -0.4 is 5.32 Å². The van der Waals surface area contributed by atoms with Gasteiger partial charge in [-0.2, -0.15) is 0 Å². The summed E-state index contributed by atoms with van der Waals surface area (Å²) in [6, 6.07) is 6.14. The van der Waals surface area contributed by atoms with Crippen molar-refractivity contribution in [1.82, 2.24) is 15.1 Å². The molecule has 0 radical (unpaired) electrons. The summed E-state index contributed by atoms with van der Waals surface area (Å²) in [5.74, 6) is -1.18. The van der Waals surface area contributed by atoms with Crippen molar-refractivity contribution in [2.45, 2.75) is 45.3 Å². The topological polar surface area (TPSA) is 96.0 Å². The fraction of sp³-hybridized carbons (Fsp3) is 0.500. The third-order valence-corrected chi connectivity index (χ3v) is 5.05. The Labute approximate surface area is 163 Å². The van der Waals surface area contributed by atoms with Crippen molar-refractivity contribution >= 4 is 23.8 Å². The number of rotatable bonds is 5. The lowest BCUT2D eigenvalue weighted by atomic mass is 10.1. The molecule has 8 nitrogen and oxygen atoms in total. The van der Waals surface area contributed by atoms with Crippen molar-refractivity contribution < 1.29 is 23.9 Å². The molecule has 28 heavy (non-hydrogen) atoms. The number of hydrogen-bond acceptors (Lipinski definition) is 5. The molecule has 2 aliphatic rings. The summed E-state index contributed by atoms with van der Waals surface area (Å²) in [6.45, 7) is 2.87. The van der Waals surface area contributed by atoms with E-state index in [-0.39, 0.29) is 30.5 Å². The molecule has 3 rings (SSSR count). The first kappa shape index (κ1) is 19.9. The molecule has 2 aliphatic heterocycles. The summed E-state index contributed by atoms with van der Waals surface area (Å²) < 4.78 is 5.42. The van der Waals surface area contributed by atoms with Crippen molar-refractivity contribution in [3.63, 3.8) is 0 Å². The molecule has 1 atom stereocenters. The standard InChI is InChI=1S/C20H25N3O5/c1-14(18(25)22-10-6-2-3-7-11-22)28-19(26)16-9-5-4-8-15(16)13-23-17(24)12-21-20(23)27/h4-5,8-9,14H,2-3,6-7,10-13H2,1H3,(H,21,27). The molecular formula is C20H25N3O5. The molecule has 0 bridgehead atoms. The number of benzene rings is 1. The predicted molar refractivity (Wildman–Crippen MR) is 100 cm³/mol. The molecule has 2 saturated heterocycles. The second kappa shape index (κ2) is 8.86. The van der Waals surface area contributed by atoms with Gasteiger partial charge < -0.3 is 15.0 Å². The van der Waals surface area contributed by atoms with Crippen LogP contribution in [-0.2, 0) is 20.9 Å². The molecule has 2 fully saturated rings. The molecule has 0 aliphatic carbocycles. The van der Waals surface area contributed by atoms with Crippen LogP contribution in [0.3, 0.4) is 0 Å². The highest BCUT2D eigenvalue weighted by Gasteiger charge is 2.30. The summed E-state index contributed by atoms with van der Waals surface area (Å²) in [7, 11) is 0. The van der Waals surface area contributed by atoms with Crippen molar-refractivity contribution in [1.29, 1.82) is 0 Å². The molecule has 0 spiro atoms. The Morgan fingerprint density at radius 2 is 1.79 bits per heavy atom. The van der Waals surface area contributed by atoms with Crippen LogP contribution in [0.1, 0.15) is 48.5 Å². The second-order valence-electron chi connectivity index (χ2n) is 7.08. The van der Waals surface area contributed by atoms with Gasteiger partial charge in [-0.3, -0.25) is 14.5 Å². The Bertz CT molecular complexity index is 755. The smallest absolute Gasteiger partial charge is 0.339 e. The highest BCUT2D eigenvalue weighted by Crippen LogP contribution is 2.17. The van der Waals surface area contributed by atoms with Crippen LogP contribution in [0.15, 0.2) is 24.3 Å². The number of nitrogens with zero attached hydrogens (tertiary/aromatic N) is 2. The summed E-state index contributed by atoms with van der Waals surface area (Å²) in [4.78, 5) is 51.7. The maximum atomic E-state index is 12.7. The lowest BCUT2D eigenvalue weighted by Gasteiger charge is -2.24. The molecule has 4 amide bonds. The fourth-order valence-corrected chi connectivity index (χ4v) is 3.47. The van der Waals surface area contributed by atoms with E-state index in [1.54, 1.807) is 36.1 Å². The average Bonchev–Trinajstić information content (AvgIpc) is 2.90. The molecule has 0 saturated carbocycles. The summed E-state index contributed by atoms with van der Waals surface area (Å²) >= 11 is 0. The van der Waals surface area contributed by atoms with Crippen molar-refractivity contribution in [2.24, 2.45) is 0 Å². The number of carbonyl (C=O) groups excluding carboxylic acids is 4. The van der Waals surface area contributed by atoms with Crippen molar-refractivity contribution in [3.8, 4) is 0 Å². The van der Waals surface area contributed by atoms with Gasteiger partial charge in [-0.15, -0.1) is 0 Å². The number of imide groups is 1. The van der Waals surface area contributed by atoms with Crippen LogP contribution in [0.5, 0.6) is 0 Å². The lowest BCUT2D eigenvalue weighted by molar-refractivity contribution is -0.139. The number of hydrogen-bond donors (Lipinski definition) is 1. The van der Waals surface area contributed by atoms with E-state index in [4.69, 9.17) is 4.74 Å². The van der Waals surface area contributed by atoms with E-state index in [2.05, 4.69) is 5.32 Å². The first-order valence-corrected chi connectivity index (χ1v) is 9.63.